The van der Waals surface area contributed by atoms with Crippen LogP contribution in [0.2, 0.25) is 4.47 Å². The highest BCUT2D eigenvalue weighted by molar-refractivity contribution is 7.17. The summed E-state index contributed by atoms with van der Waals surface area (Å²) in [4.78, 5) is 22.7. The van der Waals surface area contributed by atoms with E-state index in [9.17, 15) is 14.0 Å². The summed E-state index contributed by atoms with van der Waals surface area (Å²) in [5.74, 6) is -2.25. The van der Waals surface area contributed by atoms with Crippen LogP contribution in [0, 0.1) is 5.82 Å². The number of carbonyl (C=O) groups is 2. The molecule has 0 spiro atoms. The third-order valence-electron chi connectivity index (χ3n) is 2.08. The molecule has 1 heterocycles. The number of anilines is 1. The van der Waals surface area contributed by atoms with Gasteiger partial charge in [0.25, 0.3) is 11.8 Å². The molecular weight excluding hydrogens is 295 g/mol. The Morgan fingerprint density at radius 3 is 2.68 bits per heavy atom. The van der Waals surface area contributed by atoms with Gasteiger partial charge in [-0.05, 0) is 29.8 Å². The largest absolute Gasteiger partial charge is 0.366 e. The lowest BCUT2D eigenvalue weighted by atomic mass is 10.2. The van der Waals surface area contributed by atoms with Gasteiger partial charge >= 0.3 is 0 Å². The molecule has 0 radical (unpaired) electrons. The van der Waals surface area contributed by atoms with Crippen LogP contribution in [0.4, 0.5) is 10.1 Å². The van der Waals surface area contributed by atoms with Crippen LogP contribution < -0.4 is 11.1 Å². The van der Waals surface area contributed by atoms with E-state index in [1.807, 2.05) is 0 Å². The molecule has 1 aromatic carbocycles. The maximum Gasteiger partial charge on any atom is 0.286 e. The summed E-state index contributed by atoms with van der Waals surface area (Å²) in [7, 11) is 0. The van der Waals surface area contributed by atoms with Gasteiger partial charge in [-0.25, -0.2) is 4.39 Å². The first-order chi connectivity index (χ1) is 8.97. The fourth-order valence-corrected chi connectivity index (χ4v) is 2.00. The van der Waals surface area contributed by atoms with E-state index >= 15 is 0 Å². The monoisotopic (exact) mass is 300 g/mol. The predicted octanol–water partition coefficient (Wildman–Crippen LogP) is 1.68. The molecule has 0 saturated carbocycles. The van der Waals surface area contributed by atoms with Gasteiger partial charge in [-0.15, -0.1) is 10.2 Å². The van der Waals surface area contributed by atoms with Crippen molar-refractivity contribution in [3.8, 4) is 0 Å². The summed E-state index contributed by atoms with van der Waals surface area (Å²) in [5.41, 5.74) is 4.90. The SMILES string of the molecule is NC(=O)c1cc(NC(=O)c2nnc(Cl)s2)ccc1F. The van der Waals surface area contributed by atoms with Gasteiger partial charge < -0.3 is 11.1 Å². The molecule has 19 heavy (non-hydrogen) atoms. The zero-order valence-electron chi connectivity index (χ0n) is 9.18. The molecule has 6 nitrogen and oxygen atoms in total. The maximum atomic E-state index is 13.2. The Labute approximate surface area is 115 Å². The quantitative estimate of drug-likeness (QED) is 0.901. The van der Waals surface area contributed by atoms with Gasteiger partial charge in [0.15, 0.2) is 0 Å². The van der Waals surface area contributed by atoms with Crippen molar-refractivity contribution in [3.63, 3.8) is 0 Å². The van der Waals surface area contributed by atoms with Crippen molar-refractivity contribution in [1.29, 1.82) is 0 Å². The molecular formula is C10H6ClFN4O2S. The summed E-state index contributed by atoms with van der Waals surface area (Å²) >= 11 is 6.44. The number of benzene rings is 1. The second-order valence-corrected chi connectivity index (χ2v) is 4.93. The van der Waals surface area contributed by atoms with E-state index in [4.69, 9.17) is 17.3 Å². The third-order valence-corrected chi connectivity index (χ3v) is 3.10. The number of nitrogens with zero attached hydrogens (tertiary/aromatic N) is 2. The standard InChI is InChI=1S/C10H6ClFN4O2S/c11-10-16-15-9(19-10)8(18)14-4-1-2-6(12)5(3-4)7(13)17/h1-3H,(H2,13,17)(H,14,18). The number of halogens is 2. The predicted molar refractivity (Wildman–Crippen MR) is 67.8 cm³/mol. The summed E-state index contributed by atoms with van der Waals surface area (Å²) in [5, 5.41) is 9.50. The van der Waals surface area contributed by atoms with Crippen molar-refractivity contribution >= 4 is 40.4 Å². The first-order valence-electron chi connectivity index (χ1n) is 4.87. The van der Waals surface area contributed by atoms with Crippen LogP contribution in [0.5, 0.6) is 0 Å². The van der Waals surface area contributed by atoms with Gasteiger partial charge in [-0.1, -0.05) is 11.3 Å². The Hall–Kier alpha value is -2.06. The molecule has 0 aliphatic carbocycles. The normalized spacial score (nSPS) is 10.2. The summed E-state index contributed by atoms with van der Waals surface area (Å²) < 4.78 is 13.4. The van der Waals surface area contributed by atoms with Crippen LogP contribution in [-0.4, -0.2) is 22.0 Å². The van der Waals surface area contributed by atoms with Gasteiger partial charge in [0.2, 0.25) is 9.47 Å². The molecule has 9 heteroatoms. The van der Waals surface area contributed by atoms with E-state index in [1.54, 1.807) is 0 Å². The van der Waals surface area contributed by atoms with Gasteiger partial charge in [0.1, 0.15) is 5.82 Å². The van der Waals surface area contributed by atoms with Crippen molar-refractivity contribution in [3.05, 3.63) is 39.1 Å². The number of primary amides is 1. The van der Waals surface area contributed by atoms with Crippen molar-refractivity contribution in [2.45, 2.75) is 0 Å². The van der Waals surface area contributed by atoms with Gasteiger partial charge in [0.05, 0.1) is 5.56 Å². The van der Waals surface area contributed by atoms with Crippen molar-refractivity contribution in [2.75, 3.05) is 5.32 Å². The molecule has 0 fully saturated rings. The number of amides is 2. The lowest BCUT2D eigenvalue weighted by Crippen LogP contribution is -2.15. The van der Waals surface area contributed by atoms with Gasteiger partial charge in [0, 0.05) is 5.69 Å². The van der Waals surface area contributed by atoms with E-state index in [1.165, 1.54) is 6.07 Å². The topological polar surface area (TPSA) is 98.0 Å². The van der Waals surface area contributed by atoms with Crippen molar-refractivity contribution in [1.82, 2.24) is 10.2 Å². The lowest BCUT2D eigenvalue weighted by Gasteiger charge is -2.05. The molecule has 3 N–H and O–H groups in total. The number of aromatic nitrogens is 2. The minimum absolute atomic E-state index is 0.0509. The minimum atomic E-state index is -0.924. The zero-order valence-corrected chi connectivity index (χ0v) is 10.8. The maximum absolute atomic E-state index is 13.2. The summed E-state index contributed by atoms with van der Waals surface area (Å²) in [6.07, 6.45) is 0. The number of hydrogen-bond donors (Lipinski definition) is 2. The van der Waals surface area contributed by atoms with Crippen LogP contribution in [0.15, 0.2) is 18.2 Å². The molecule has 0 bridgehead atoms. The van der Waals surface area contributed by atoms with Crippen LogP contribution >= 0.6 is 22.9 Å². The first-order valence-corrected chi connectivity index (χ1v) is 6.06. The number of hydrogen-bond acceptors (Lipinski definition) is 5. The highest BCUT2D eigenvalue weighted by atomic mass is 35.5. The Morgan fingerprint density at radius 1 is 1.37 bits per heavy atom. The van der Waals surface area contributed by atoms with Crippen molar-refractivity contribution in [2.24, 2.45) is 5.73 Å². The fourth-order valence-electron chi connectivity index (χ4n) is 1.27. The minimum Gasteiger partial charge on any atom is -0.366 e. The molecule has 0 saturated heterocycles. The highest BCUT2D eigenvalue weighted by Crippen LogP contribution is 2.18. The van der Waals surface area contributed by atoms with Crippen LogP contribution in [0.25, 0.3) is 0 Å². The molecule has 2 amide bonds. The molecule has 2 rings (SSSR count). The molecule has 0 aliphatic heterocycles. The summed E-state index contributed by atoms with van der Waals surface area (Å²) in [6.45, 7) is 0. The van der Waals surface area contributed by atoms with E-state index in [-0.39, 0.29) is 20.7 Å². The summed E-state index contributed by atoms with van der Waals surface area (Å²) in [6, 6.07) is 3.46. The fraction of sp³-hybridized carbons (Fsp3) is 0. The molecule has 0 unspecified atom stereocenters. The van der Waals surface area contributed by atoms with Crippen LogP contribution in [0.1, 0.15) is 20.2 Å². The molecule has 0 aliphatic rings. The second kappa shape index (κ2) is 5.29. The third kappa shape index (κ3) is 3.04. The molecule has 1 aromatic heterocycles. The number of nitrogens with two attached hydrogens (primary N) is 1. The Kier molecular flexibility index (Phi) is 3.72. The lowest BCUT2D eigenvalue weighted by molar-refractivity contribution is 0.0992. The highest BCUT2D eigenvalue weighted by Gasteiger charge is 2.14. The van der Waals surface area contributed by atoms with E-state index in [0.29, 0.717) is 0 Å². The van der Waals surface area contributed by atoms with Crippen LogP contribution in [-0.2, 0) is 0 Å². The van der Waals surface area contributed by atoms with Crippen molar-refractivity contribution < 1.29 is 14.0 Å². The Bertz CT molecular complexity index is 661. The van der Waals surface area contributed by atoms with E-state index < -0.39 is 17.6 Å². The molecule has 98 valence electrons. The zero-order chi connectivity index (χ0) is 14.0. The number of carbonyl (C=O) groups excluding carboxylic acids is 2. The molecule has 2 aromatic rings. The van der Waals surface area contributed by atoms with Gasteiger partial charge in [-0.3, -0.25) is 9.59 Å². The average molecular weight is 301 g/mol. The molecule has 0 atom stereocenters. The smallest absolute Gasteiger partial charge is 0.286 e. The van der Waals surface area contributed by atoms with E-state index in [2.05, 4.69) is 15.5 Å². The van der Waals surface area contributed by atoms with E-state index in [0.717, 1.165) is 23.5 Å². The Morgan fingerprint density at radius 2 is 2.11 bits per heavy atom. The second-order valence-electron chi connectivity index (χ2n) is 3.37. The van der Waals surface area contributed by atoms with Gasteiger partial charge in [-0.2, -0.15) is 0 Å². The Balaban J connectivity index is 2.22. The number of nitrogens with one attached hydrogen (secondary N) is 1. The number of rotatable bonds is 3. The average Bonchev–Trinajstić information content (AvgIpc) is 2.78. The van der Waals surface area contributed by atoms with Crippen LogP contribution in [0.3, 0.4) is 0 Å². The first kappa shape index (κ1) is 13.4.